The number of carbonyl (C=O) groups is 4. The molecule has 0 spiro atoms. The summed E-state index contributed by atoms with van der Waals surface area (Å²) in [4.78, 5) is 58.1. The van der Waals surface area contributed by atoms with Gasteiger partial charge in [0.15, 0.2) is 0 Å². The van der Waals surface area contributed by atoms with Crippen LogP contribution in [-0.2, 0) is 42.9 Å². The Balaban J connectivity index is 1.79. The zero-order valence-corrected chi connectivity index (χ0v) is 36.5. The van der Waals surface area contributed by atoms with E-state index in [0.29, 0.717) is 63.5 Å². The van der Waals surface area contributed by atoms with Crippen LogP contribution in [0.2, 0.25) is 0 Å². The number of methoxy groups -OCH3 is 3. The van der Waals surface area contributed by atoms with Crippen LogP contribution in [0.4, 0.5) is 0 Å². The second-order valence-corrected chi connectivity index (χ2v) is 17.7. The number of carbonyl (C=O) groups excluding carboxylic acids is 4. The fourth-order valence-corrected chi connectivity index (χ4v) is 9.58. The van der Waals surface area contributed by atoms with Gasteiger partial charge < -0.3 is 49.6 Å². The lowest BCUT2D eigenvalue weighted by molar-refractivity contribution is -0.302. The highest BCUT2D eigenvalue weighted by Gasteiger charge is 2.56. The van der Waals surface area contributed by atoms with E-state index < -0.39 is 83.9 Å². The lowest BCUT2D eigenvalue weighted by Crippen LogP contribution is -2.64. The van der Waals surface area contributed by atoms with Crippen molar-refractivity contribution in [1.29, 1.82) is 0 Å². The summed E-state index contributed by atoms with van der Waals surface area (Å²) in [6, 6.07) is -1.15. The van der Waals surface area contributed by atoms with Gasteiger partial charge in [-0.15, -0.1) is 0 Å². The van der Waals surface area contributed by atoms with Gasteiger partial charge in [-0.25, -0.2) is 4.79 Å². The number of hydrogen-bond donors (Lipinski definition) is 4. The number of aliphatic hydroxyl groups is 3. The molecule has 1 saturated carbocycles. The third-order valence-electron chi connectivity index (χ3n) is 13.1. The third kappa shape index (κ3) is 12.2. The molecule has 2 saturated heterocycles. The number of aliphatic hydroxyl groups excluding tert-OH is 2. The molecule has 4 aliphatic rings. The molecule has 59 heavy (non-hydrogen) atoms. The number of ether oxygens (including phenoxy) is 5. The summed E-state index contributed by atoms with van der Waals surface area (Å²) in [5.41, 5.74) is 7.33. The van der Waals surface area contributed by atoms with Crippen LogP contribution in [0.15, 0.2) is 35.5 Å². The number of nitrogens with zero attached hydrogens (tertiary/aromatic N) is 1. The molecule has 0 radical (unpaired) electrons. The largest absolute Gasteiger partial charge is 0.456 e. The molecular weight excluding hydrogens is 760 g/mol. The summed E-state index contributed by atoms with van der Waals surface area (Å²) >= 11 is 0. The Labute approximate surface area is 350 Å². The van der Waals surface area contributed by atoms with Gasteiger partial charge >= 0.3 is 5.97 Å². The zero-order valence-electron chi connectivity index (χ0n) is 36.5. The molecule has 1 aliphatic carbocycles. The molecule has 3 heterocycles. The number of hydrogen-bond acceptors (Lipinski definition) is 13. The van der Waals surface area contributed by atoms with E-state index in [1.54, 1.807) is 27.0 Å². The smallest absolute Gasteiger partial charge is 0.329 e. The number of Topliss-reactive ketones (excluding diaryl/α,β-unsaturated/α-hetero) is 2. The number of nitrogens with two attached hydrogens (primary N) is 1. The SMILES string of the molecule is CO[C@H]1C[C@@H](C)C/C(C)=C/[C@@H](CC=CCN)C(=O)C[C@H](O)C(C)[C@@H](/C(C)=C/[C@@H]2CC[C@@H](O)[C@H](OC)C2)OC(=O)[C@@H]2CCCCN2C(=O)C(=O)[C@]2(O)O[C@H]1[C@@H](OC)C[C@H]2C. The van der Waals surface area contributed by atoms with Crippen LogP contribution in [-0.4, -0.2) is 133 Å². The fourth-order valence-electron chi connectivity index (χ4n) is 9.58. The first-order valence-corrected chi connectivity index (χ1v) is 21.6. The van der Waals surface area contributed by atoms with Crippen LogP contribution in [0, 0.1) is 29.6 Å². The zero-order chi connectivity index (χ0) is 43.6. The number of fused-ring (bicyclic) bond motifs is 3. The lowest BCUT2D eigenvalue weighted by Gasteiger charge is -2.47. The van der Waals surface area contributed by atoms with Crippen molar-refractivity contribution in [3.05, 3.63) is 35.5 Å². The van der Waals surface area contributed by atoms with Gasteiger partial charge in [-0.1, -0.05) is 50.6 Å². The monoisotopic (exact) mass is 833 g/mol. The highest BCUT2D eigenvalue weighted by Crippen LogP contribution is 2.39. The molecule has 3 fully saturated rings. The minimum Gasteiger partial charge on any atom is -0.456 e. The Morgan fingerprint density at radius 3 is 2.25 bits per heavy atom. The third-order valence-corrected chi connectivity index (χ3v) is 13.1. The lowest BCUT2D eigenvalue weighted by atomic mass is 9.81. The van der Waals surface area contributed by atoms with E-state index in [-0.39, 0.29) is 49.5 Å². The summed E-state index contributed by atoms with van der Waals surface area (Å²) in [5.74, 6) is -7.84. The molecule has 0 aromatic carbocycles. The van der Waals surface area contributed by atoms with E-state index in [0.717, 1.165) is 5.57 Å². The predicted octanol–water partition coefficient (Wildman–Crippen LogP) is 3.97. The average molecular weight is 833 g/mol. The first kappa shape index (κ1) is 48.8. The van der Waals surface area contributed by atoms with Crippen LogP contribution in [0.1, 0.15) is 105 Å². The molecular formula is C45H72N2O12. The van der Waals surface area contributed by atoms with Gasteiger partial charge in [0.1, 0.15) is 24.0 Å². The Kier molecular flexibility index (Phi) is 18.5. The van der Waals surface area contributed by atoms with Crippen LogP contribution in [0.5, 0.6) is 0 Å². The van der Waals surface area contributed by atoms with Crippen LogP contribution in [0.3, 0.4) is 0 Å². The Bertz CT molecular complexity index is 1530. The van der Waals surface area contributed by atoms with Crippen LogP contribution >= 0.6 is 0 Å². The maximum absolute atomic E-state index is 14.4. The highest BCUT2D eigenvalue weighted by atomic mass is 16.7. The number of rotatable bonds is 8. The van der Waals surface area contributed by atoms with Crippen molar-refractivity contribution < 1.29 is 58.2 Å². The van der Waals surface area contributed by atoms with Gasteiger partial charge in [-0.3, -0.25) is 14.4 Å². The number of allylic oxidation sites excluding steroid dienone is 4. The summed E-state index contributed by atoms with van der Waals surface area (Å²) in [5, 5.41) is 34.3. The topological polar surface area (TPSA) is 204 Å². The Morgan fingerprint density at radius 2 is 1.59 bits per heavy atom. The molecule has 5 N–H and O–H groups in total. The molecule has 0 aromatic rings. The highest BCUT2D eigenvalue weighted by molar-refractivity contribution is 6.39. The molecule has 4 rings (SSSR count). The van der Waals surface area contributed by atoms with E-state index in [9.17, 15) is 34.5 Å². The van der Waals surface area contributed by atoms with Crippen molar-refractivity contribution in [1.82, 2.24) is 4.90 Å². The van der Waals surface area contributed by atoms with Gasteiger partial charge in [0, 0.05) is 58.6 Å². The Hall–Kier alpha value is -2.82. The second-order valence-electron chi connectivity index (χ2n) is 17.7. The van der Waals surface area contributed by atoms with E-state index in [1.165, 1.54) is 19.1 Å². The van der Waals surface area contributed by atoms with E-state index in [1.807, 2.05) is 39.0 Å². The minimum atomic E-state index is -2.52. The van der Waals surface area contributed by atoms with Gasteiger partial charge in [0.05, 0.1) is 30.5 Å². The van der Waals surface area contributed by atoms with Crippen molar-refractivity contribution in [3.63, 3.8) is 0 Å². The minimum absolute atomic E-state index is 0.00322. The van der Waals surface area contributed by atoms with Crippen LogP contribution < -0.4 is 5.73 Å². The average Bonchev–Trinajstić information content (AvgIpc) is 3.21. The summed E-state index contributed by atoms with van der Waals surface area (Å²) in [7, 11) is 4.61. The molecule has 1 amide bonds. The number of esters is 1. The summed E-state index contributed by atoms with van der Waals surface area (Å²) < 4.78 is 29.8. The fraction of sp³-hybridized carbons (Fsp3) is 0.778. The Morgan fingerprint density at radius 1 is 0.915 bits per heavy atom. The normalized spacial score (nSPS) is 40.2. The standard InChI is InChI=1S/C45H72N2O12/c1-26-19-27(2)21-38(56-7)41-39(57-8)23-29(4)45(54,59-41)42(51)43(52)47-18-12-10-14-33(47)44(53)58-40(28(3)22-31-15-16-34(48)37(24-31)55-6)30(5)35(49)25-36(50)32(20-26)13-9-11-17-46/h9,11,20,22,27,29-35,37-41,48-49,54H,10,12-19,21,23-25,46H2,1-8H3/b11-9?,26-20+,28-22+/t27-,29+,30?,31-,32+,33-,34+,35-,37+,38-,39-,40+,41+,45+/m0/s1. The number of piperidine rings is 1. The van der Waals surface area contributed by atoms with E-state index in [2.05, 4.69) is 0 Å². The molecule has 14 heteroatoms. The molecule has 1 unspecified atom stereocenters. The predicted molar refractivity (Wildman–Crippen MR) is 221 cm³/mol. The first-order chi connectivity index (χ1) is 28.0. The van der Waals surface area contributed by atoms with E-state index in [4.69, 9.17) is 29.4 Å². The quantitative estimate of drug-likeness (QED) is 0.156. The number of ketones is 2. The number of amides is 1. The summed E-state index contributed by atoms with van der Waals surface area (Å²) in [6.45, 7) is 9.57. The molecule has 14 nitrogen and oxygen atoms in total. The van der Waals surface area contributed by atoms with Crippen LogP contribution in [0.25, 0.3) is 0 Å². The van der Waals surface area contributed by atoms with Crippen molar-refractivity contribution >= 4 is 23.4 Å². The molecule has 334 valence electrons. The van der Waals surface area contributed by atoms with Crippen molar-refractivity contribution in [2.75, 3.05) is 34.4 Å². The van der Waals surface area contributed by atoms with Gasteiger partial charge in [-0.2, -0.15) is 0 Å². The van der Waals surface area contributed by atoms with E-state index >= 15 is 0 Å². The second kappa shape index (κ2) is 22.3. The number of cyclic esters (lactones) is 1. The van der Waals surface area contributed by atoms with Gasteiger partial charge in [0.2, 0.25) is 5.79 Å². The molecule has 0 aromatic heterocycles. The summed E-state index contributed by atoms with van der Waals surface area (Å²) in [6.07, 6.45) is 6.80. The maximum atomic E-state index is 14.4. The molecule has 14 atom stereocenters. The maximum Gasteiger partial charge on any atom is 0.329 e. The van der Waals surface area contributed by atoms with Crippen molar-refractivity contribution in [3.8, 4) is 0 Å². The van der Waals surface area contributed by atoms with Gasteiger partial charge in [0.25, 0.3) is 11.7 Å². The molecule has 3 aliphatic heterocycles. The van der Waals surface area contributed by atoms with Gasteiger partial charge in [-0.05, 0) is 95.5 Å². The van der Waals surface area contributed by atoms with Crippen molar-refractivity contribution in [2.24, 2.45) is 35.3 Å². The van der Waals surface area contributed by atoms with Crippen molar-refractivity contribution in [2.45, 2.75) is 160 Å². The molecule has 2 bridgehead atoms. The first-order valence-electron chi connectivity index (χ1n) is 21.6.